The molecule has 0 amide bonds. The fourth-order valence-electron chi connectivity index (χ4n) is 2.25. The van der Waals surface area contributed by atoms with Gasteiger partial charge in [-0.1, -0.05) is 29.8 Å². The lowest BCUT2D eigenvalue weighted by Crippen LogP contribution is -2.15. The fourth-order valence-corrected chi connectivity index (χ4v) is 4.18. The first-order valence-corrected chi connectivity index (χ1v) is 10.4. The highest BCUT2D eigenvalue weighted by Crippen LogP contribution is 2.31. The average molecular weight is 431 g/mol. The zero-order chi connectivity index (χ0) is 19.4. The number of nitrogens with one attached hydrogen (secondary N) is 1. The molecule has 0 unspecified atom stereocenters. The van der Waals surface area contributed by atoms with Gasteiger partial charge >= 0.3 is 0 Å². The molecular weight excluding hydrogens is 418 g/mol. The Balaban J connectivity index is 1.74. The fraction of sp³-hybridized carbons (Fsp3) is 0.118. The first-order chi connectivity index (χ1) is 12.9. The number of sulfonamides is 1. The number of rotatable bonds is 7. The third-order valence-corrected chi connectivity index (χ3v) is 5.79. The standard InChI is InChI=1S/C17H13ClF2N2O3S2/c18-12-7-16(27(23,24)22-17-9-26-10-21-17)14(20)8-15(12)25-6-5-11-3-1-2-4-13(11)19/h1-4,7-10,22H,5-6H2. The molecule has 0 bridgehead atoms. The first-order valence-electron chi connectivity index (χ1n) is 7.63. The van der Waals surface area contributed by atoms with E-state index in [2.05, 4.69) is 9.71 Å². The molecule has 0 aliphatic rings. The number of nitrogens with zero attached hydrogens (tertiary/aromatic N) is 1. The zero-order valence-electron chi connectivity index (χ0n) is 13.7. The van der Waals surface area contributed by atoms with E-state index in [9.17, 15) is 17.2 Å². The Bertz CT molecular complexity index is 1040. The molecule has 0 spiro atoms. The van der Waals surface area contributed by atoms with E-state index in [0.717, 1.165) is 12.1 Å². The lowest BCUT2D eigenvalue weighted by molar-refractivity contribution is 0.318. The van der Waals surface area contributed by atoms with Crippen molar-refractivity contribution in [1.29, 1.82) is 0 Å². The van der Waals surface area contributed by atoms with Gasteiger partial charge in [0.05, 0.1) is 17.1 Å². The van der Waals surface area contributed by atoms with Gasteiger partial charge < -0.3 is 4.74 Å². The summed E-state index contributed by atoms with van der Waals surface area (Å²) in [5, 5.41) is 1.39. The number of aromatic nitrogens is 1. The maximum atomic E-state index is 14.3. The van der Waals surface area contributed by atoms with Crippen molar-refractivity contribution in [3.05, 3.63) is 69.5 Å². The highest BCUT2D eigenvalue weighted by molar-refractivity contribution is 7.92. The van der Waals surface area contributed by atoms with Crippen molar-refractivity contribution in [3.8, 4) is 5.75 Å². The van der Waals surface area contributed by atoms with E-state index in [1.54, 1.807) is 18.2 Å². The maximum Gasteiger partial charge on any atom is 0.266 e. The number of thiazole rings is 1. The van der Waals surface area contributed by atoms with Crippen LogP contribution in [0.5, 0.6) is 5.75 Å². The molecule has 3 rings (SSSR count). The zero-order valence-corrected chi connectivity index (χ0v) is 16.0. The van der Waals surface area contributed by atoms with Crippen LogP contribution in [0.15, 0.2) is 52.2 Å². The molecule has 27 heavy (non-hydrogen) atoms. The summed E-state index contributed by atoms with van der Waals surface area (Å²) in [5.74, 6) is -1.34. The van der Waals surface area contributed by atoms with Crippen molar-refractivity contribution < 1.29 is 21.9 Å². The monoisotopic (exact) mass is 430 g/mol. The second-order valence-electron chi connectivity index (χ2n) is 5.38. The molecule has 1 aromatic heterocycles. The Morgan fingerprint density at radius 1 is 1.19 bits per heavy atom. The van der Waals surface area contributed by atoms with Gasteiger partial charge in [0.25, 0.3) is 10.0 Å². The summed E-state index contributed by atoms with van der Waals surface area (Å²) in [5.41, 5.74) is 1.88. The Morgan fingerprint density at radius 3 is 2.67 bits per heavy atom. The highest BCUT2D eigenvalue weighted by atomic mass is 35.5. The van der Waals surface area contributed by atoms with Crippen LogP contribution in [0.25, 0.3) is 0 Å². The van der Waals surface area contributed by atoms with Gasteiger partial charge in [0.1, 0.15) is 22.3 Å². The topological polar surface area (TPSA) is 68.3 Å². The third kappa shape index (κ3) is 4.74. The number of anilines is 1. The molecule has 3 aromatic rings. The largest absolute Gasteiger partial charge is 0.492 e. The smallest absolute Gasteiger partial charge is 0.266 e. The summed E-state index contributed by atoms with van der Waals surface area (Å²) < 4.78 is 60.0. The second kappa shape index (κ2) is 8.20. The number of ether oxygens (including phenoxy) is 1. The van der Waals surface area contributed by atoms with Crippen molar-refractivity contribution in [2.24, 2.45) is 0 Å². The third-order valence-electron chi connectivity index (χ3n) is 3.53. The van der Waals surface area contributed by atoms with Crippen molar-refractivity contribution in [2.75, 3.05) is 11.3 Å². The number of halogens is 3. The van der Waals surface area contributed by atoms with Crippen molar-refractivity contribution in [1.82, 2.24) is 4.98 Å². The van der Waals surface area contributed by atoms with Gasteiger partial charge in [0.15, 0.2) is 5.82 Å². The highest BCUT2D eigenvalue weighted by Gasteiger charge is 2.22. The van der Waals surface area contributed by atoms with Crippen molar-refractivity contribution in [2.45, 2.75) is 11.3 Å². The molecule has 0 atom stereocenters. The lowest BCUT2D eigenvalue weighted by atomic mass is 10.1. The van der Waals surface area contributed by atoms with Gasteiger partial charge in [-0.15, -0.1) is 11.3 Å². The van der Waals surface area contributed by atoms with E-state index in [0.29, 0.717) is 5.56 Å². The van der Waals surface area contributed by atoms with Crippen LogP contribution in [0, 0.1) is 11.6 Å². The molecule has 10 heteroatoms. The molecule has 2 aromatic carbocycles. The van der Waals surface area contributed by atoms with Crippen LogP contribution < -0.4 is 9.46 Å². The summed E-state index contributed by atoms with van der Waals surface area (Å²) in [7, 11) is -4.19. The minimum atomic E-state index is -4.19. The van der Waals surface area contributed by atoms with Gasteiger partial charge in [-0.25, -0.2) is 22.2 Å². The SMILES string of the molecule is O=S(=O)(Nc1cscn1)c1cc(Cl)c(OCCc2ccccc2F)cc1F. The summed E-state index contributed by atoms with van der Waals surface area (Å²) in [6.45, 7) is 0.0449. The van der Waals surface area contributed by atoms with Crippen molar-refractivity contribution in [3.63, 3.8) is 0 Å². The minimum absolute atomic E-state index is 0.0295. The molecule has 1 N–H and O–H groups in total. The van der Waals surface area contributed by atoms with E-state index >= 15 is 0 Å². The van der Waals surface area contributed by atoms with Crippen LogP contribution in [0.2, 0.25) is 5.02 Å². The number of benzene rings is 2. The second-order valence-corrected chi connectivity index (χ2v) is 8.16. The van der Waals surface area contributed by atoms with E-state index in [-0.39, 0.29) is 35.4 Å². The Hall–Kier alpha value is -2.23. The van der Waals surface area contributed by atoms with E-state index in [1.165, 1.54) is 28.3 Å². The molecule has 0 saturated carbocycles. The Labute approximate surface area is 163 Å². The van der Waals surface area contributed by atoms with Crippen LogP contribution >= 0.6 is 22.9 Å². The van der Waals surface area contributed by atoms with Gasteiger partial charge in [-0.05, 0) is 17.7 Å². The Morgan fingerprint density at radius 2 is 1.96 bits per heavy atom. The molecular formula is C17H13ClF2N2O3S2. The first kappa shape index (κ1) is 19.5. The van der Waals surface area contributed by atoms with Gasteiger partial charge in [-0.3, -0.25) is 4.72 Å². The van der Waals surface area contributed by atoms with E-state index < -0.39 is 20.7 Å². The normalized spacial score (nSPS) is 11.4. The van der Waals surface area contributed by atoms with Crippen molar-refractivity contribution >= 4 is 38.8 Å². The number of hydrogen-bond donors (Lipinski definition) is 1. The summed E-state index contributed by atoms with van der Waals surface area (Å²) in [6, 6.07) is 8.06. The van der Waals surface area contributed by atoms with Crippen LogP contribution in [0.4, 0.5) is 14.6 Å². The number of hydrogen-bond acceptors (Lipinski definition) is 5. The average Bonchev–Trinajstić information content (AvgIpc) is 3.11. The van der Waals surface area contributed by atoms with Crippen LogP contribution in [-0.4, -0.2) is 20.0 Å². The molecule has 0 aliphatic carbocycles. The molecule has 5 nitrogen and oxygen atoms in total. The van der Waals surface area contributed by atoms with Crippen LogP contribution in [-0.2, 0) is 16.4 Å². The van der Waals surface area contributed by atoms with Crippen LogP contribution in [0.3, 0.4) is 0 Å². The van der Waals surface area contributed by atoms with E-state index in [4.69, 9.17) is 16.3 Å². The van der Waals surface area contributed by atoms with Gasteiger partial charge in [0, 0.05) is 17.9 Å². The predicted molar refractivity (Wildman–Crippen MR) is 99.9 cm³/mol. The summed E-state index contributed by atoms with van der Waals surface area (Å²) >= 11 is 7.22. The van der Waals surface area contributed by atoms with Gasteiger partial charge in [0.2, 0.25) is 0 Å². The molecule has 142 valence electrons. The minimum Gasteiger partial charge on any atom is -0.492 e. The van der Waals surface area contributed by atoms with Crippen LogP contribution in [0.1, 0.15) is 5.56 Å². The molecule has 0 fully saturated rings. The molecule has 0 aliphatic heterocycles. The van der Waals surface area contributed by atoms with Gasteiger partial charge in [-0.2, -0.15) is 0 Å². The predicted octanol–water partition coefficient (Wildman–Crippen LogP) is 4.50. The molecule has 1 heterocycles. The van der Waals surface area contributed by atoms with E-state index in [1.807, 2.05) is 0 Å². The summed E-state index contributed by atoms with van der Waals surface area (Å²) in [6.07, 6.45) is 0.246. The quantitative estimate of drug-likeness (QED) is 0.599. The Kier molecular flexibility index (Phi) is 5.93. The molecule has 0 saturated heterocycles. The maximum absolute atomic E-state index is 14.3. The molecule has 0 radical (unpaired) electrons. The lowest BCUT2D eigenvalue weighted by Gasteiger charge is -2.12. The summed E-state index contributed by atoms with van der Waals surface area (Å²) in [4.78, 5) is 3.17.